The molecule has 0 spiro atoms. The summed E-state index contributed by atoms with van der Waals surface area (Å²) in [6.45, 7) is 1.98. The predicted molar refractivity (Wildman–Crippen MR) is 108 cm³/mol. The number of aryl methyl sites for hydroxylation is 1. The van der Waals surface area contributed by atoms with Crippen LogP contribution in [-0.4, -0.2) is 15.7 Å². The number of nitrogens with one attached hydrogen (secondary N) is 1. The Labute approximate surface area is 171 Å². The van der Waals surface area contributed by atoms with Crippen LogP contribution in [0.2, 0.25) is 0 Å². The third kappa shape index (κ3) is 3.91. The van der Waals surface area contributed by atoms with Gasteiger partial charge in [-0.15, -0.1) is 0 Å². The molecule has 0 aliphatic rings. The first-order valence-electron chi connectivity index (χ1n) is 9.31. The molecule has 30 heavy (non-hydrogen) atoms. The molecule has 3 aromatic carbocycles. The summed E-state index contributed by atoms with van der Waals surface area (Å²) in [4.78, 5) is 12.7. The fraction of sp³-hybridized carbons (Fsp3) is 0.130. The van der Waals surface area contributed by atoms with E-state index in [1.54, 1.807) is 29.1 Å². The molecule has 4 nitrogen and oxygen atoms in total. The van der Waals surface area contributed by atoms with E-state index in [-0.39, 0.29) is 12.5 Å². The van der Waals surface area contributed by atoms with Crippen molar-refractivity contribution in [3.63, 3.8) is 0 Å². The number of halogens is 3. The van der Waals surface area contributed by atoms with Gasteiger partial charge in [-0.1, -0.05) is 30.3 Å². The molecule has 4 aromatic rings. The first kappa shape index (κ1) is 19.7. The van der Waals surface area contributed by atoms with Gasteiger partial charge in [0.15, 0.2) is 0 Å². The summed E-state index contributed by atoms with van der Waals surface area (Å²) in [7, 11) is 0. The van der Waals surface area contributed by atoms with Crippen LogP contribution in [0.15, 0.2) is 72.9 Å². The van der Waals surface area contributed by atoms with E-state index >= 15 is 0 Å². The predicted octanol–water partition coefficient (Wildman–Crippen LogP) is 5.28. The standard InChI is InChI=1S/C23H18F3N3O/c1-15-5-2-8-18(11-15)29-21-10-4-9-19(20(21)14-28-29)22(30)27-13-16-6-3-7-17(12-16)23(24,25)26/h2-12,14H,13H2,1H3,(H,27,30). The minimum Gasteiger partial charge on any atom is -0.348 e. The zero-order valence-corrected chi connectivity index (χ0v) is 16.1. The molecule has 0 aliphatic carbocycles. The van der Waals surface area contributed by atoms with Crippen LogP contribution in [0.4, 0.5) is 13.2 Å². The molecule has 0 saturated carbocycles. The second-order valence-corrected chi connectivity index (χ2v) is 7.01. The Hall–Kier alpha value is -3.61. The molecule has 1 N–H and O–H groups in total. The molecule has 1 aromatic heterocycles. The summed E-state index contributed by atoms with van der Waals surface area (Å²) in [5.74, 6) is -0.373. The maximum Gasteiger partial charge on any atom is 0.416 e. The van der Waals surface area contributed by atoms with E-state index in [0.29, 0.717) is 16.5 Å². The lowest BCUT2D eigenvalue weighted by Gasteiger charge is -2.10. The van der Waals surface area contributed by atoms with Crippen LogP contribution >= 0.6 is 0 Å². The number of alkyl halides is 3. The SMILES string of the molecule is Cc1cccc(-n2ncc3c(C(=O)NCc4cccc(C(F)(F)F)c4)cccc32)c1. The Morgan fingerprint density at radius 1 is 1.03 bits per heavy atom. The van der Waals surface area contributed by atoms with E-state index in [1.165, 1.54) is 6.07 Å². The minimum atomic E-state index is -4.42. The van der Waals surface area contributed by atoms with Crippen molar-refractivity contribution in [2.75, 3.05) is 0 Å². The van der Waals surface area contributed by atoms with Gasteiger partial charge >= 0.3 is 6.18 Å². The fourth-order valence-electron chi connectivity index (χ4n) is 3.35. The summed E-state index contributed by atoms with van der Waals surface area (Å²) in [6.07, 6.45) is -2.80. The molecule has 7 heteroatoms. The largest absolute Gasteiger partial charge is 0.416 e. The van der Waals surface area contributed by atoms with Gasteiger partial charge < -0.3 is 5.32 Å². The number of amides is 1. The molecule has 0 fully saturated rings. The van der Waals surface area contributed by atoms with Crippen molar-refractivity contribution in [2.45, 2.75) is 19.6 Å². The van der Waals surface area contributed by atoms with Gasteiger partial charge in [-0.3, -0.25) is 4.79 Å². The van der Waals surface area contributed by atoms with Crippen molar-refractivity contribution < 1.29 is 18.0 Å². The van der Waals surface area contributed by atoms with Crippen LogP contribution in [0, 0.1) is 6.92 Å². The minimum absolute atomic E-state index is 0.00877. The molecule has 0 bridgehead atoms. The second-order valence-electron chi connectivity index (χ2n) is 7.01. The summed E-state index contributed by atoms with van der Waals surface area (Å²) >= 11 is 0. The van der Waals surface area contributed by atoms with Gasteiger partial charge in [0.1, 0.15) is 0 Å². The van der Waals surface area contributed by atoms with Gasteiger partial charge in [0.2, 0.25) is 0 Å². The summed E-state index contributed by atoms with van der Waals surface area (Å²) in [6, 6.07) is 18.1. The average Bonchev–Trinajstić information content (AvgIpc) is 3.16. The second kappa shape index (κ2) is 7.67. The third-order valence-corrected chi connectivity index (χ3v) is 4.81. The van der Waals surface area contributed by atoms with Crippen molar-refractivity contribution in [2.24, 2.45) is 0 Å². The van der Waals surface area contributed by atoms with Crippen LogP contribution < -0.4 is 5.32 Å². The molecular formula is C23H18F3N3O. The number of aromatic nitrogens is 2. The van der Waals surface area contributed by atoms with E-state index < -0.39 is 11.7 Å². The Kier molecular flexibility index (Phi) is 5.03. The number of fused-ring (bicyclic) bond motifs is 1. The molecule has 1 amide bonds. The van der Waals surface area contributed by atoms with E-state index in [1.807, 2.05) is 37.3 Å². The highest BCUT2D eigenvalue weighted by Crippen LogP contribution is 2.29. The molecule has 152 valence electrons. The van der Waals surface area contributed by atoms with E-state index in [0.717, 1.165) is 28.9 Å². The van der Waals surface area contributed by atoms with E-state index in [9.17, 15) is 18.0 Å². The molecular weight excluding hydrogens is 391 g/mol. The smallest absolute Gasteiger partial charge is 0.348 e. The number of nitrogens with zero attached hydrogens (tertiary/aromatic N) is 2. The topological polar surface area (TPSA) is 46.9 Å². The molecule has 0 aliphatic heterocycles. The number of benzene rings is 3. The Morgan fingerprint density at radius 2 is 1.80 bits per heavy atom. The van der Waals surface area contributed by atoms with Crippen LogP contribution in [0.5, 0.6) is 0 Å². The highest BCUT2D eigenvalue weighted by Gasteiger charge is 2.30. The third-order valence-electron chi connectivity index (χ3n) is 4.81. The first-order chi connectivity index (χ1) is 14.3. The number of hydrogen-bond acceptors (Lipinski definition) is 2. The summed E-state index contributed by atoms with van der Waals surface area (Å²) < 4.78 is 40.4. The summed E-state index contributed by atoms with van der Waals surface area (Å²) in [5, 5.41) is 7.79. The van der Waals surface area contributed by atoms with Crippen molar-refractivity contribution >= 4 is 16.8 Å². The zero-order chi connectivity index (χ0) is 21.3. The van der Waals surface area contributed by atoms with Crippen molar-refractivity contribution in [1.29, 1.82) is 0 Å². The Morgan fingerprint density at radius 3 is 2.57 bits per heavy atom. The Bertz CT molecular complexity index is 1230. The van der Waals surface area contributed by atoms with Gasteiger partial charge in [0.05, 0.1) is 28.5 Å². The van der Waals surface area contributed by atoms with E-state index in [2.05, 4.69) is 10.4 Å². The lowest BCUT2D eigenvalue weighted by Crippen LogP contribution is -2.23. The monoisotopic (exact) mass is 409 g/mol. The lowest BCUT2D eigenvalue weighted by atomic mass is 10.1. The van der Waals surface area contributed by atoms with Gasteiger partial charge in [0.25, 0.3) is 5.91 Å². The van der Waals surface area contributed by atoms with Crippen molar-refractivity contribution in [3.8, 4) is 5.69 Å². The quantitative estimate of drug-likeness (QED) is 0.498. The normalized spacial score (nSPS) is 11.6. The van der Waals surface area contributed by atoms with Crippen LogP contribution in [0.3, 0.4) is 0 Å². The molecule has 0 radical (unpaired) electrons. The zero-order valence-electron chi connectivity index (χ0n) is 16.1. The van der Waals surface area contributed by atoms with Crippen molar-refractivity contribution in [3.05, 3.63) is 95.2 Å². The van der Waals surface area contributed by atoms with Gasteiger partial charge in [-0.05, 0) is 54.4 Å². The van der Waals surface area contributed by atoms with Gasteiger partial charge in [0, 0.05) is 11.9 Å². The fourth-order valence-corrected chi connectivity index (χ4v) is 3.35. The highest BCUT2D eigenvalue weighted by atomic mass is 19.4. The lowest BCUT2D eigenvalue weighted by molar-refractivity contribution is -0.137. The molecule has 0 atom stereocenters. The molecule has 1 heterocycles. The average molecular weight is 409 g/mol. The maximum atomic E-state index is 12.9. The van der Waals surface area contributed by atoms with Crippen LogP contribution in [0.1, 0.15) is 27.0 Å². The Balaban J connectivity index is 1.59. The number of carbonyl (C=O) groups excluding carboxylic acids is 1. The molecule has 0 saturated heterocycles. The first-order valence-corrected chi connectivity index (χ1v) is 9.31. The summed E-state index contributed by atoms with van der Waals surface area (Å²) in [5.41, 5.74) is 2.79. The number of carbonyl (C=O) groups is 1. The van der Waals surface area contributed by atoms with Crippen LogP contribution in [0.25, 0.3) is 16.6 Å². The highest BCUT2D eigenvalue weighted by molar-refractivity contribution is 6.06. The van der Waals surface area contributed by atoms with Crippen molar-refractivity contribution in [1.82, 2.24) is 15.1 Å². The van der Waals surface area contributed by atoms with Crippen LogP contribution in [-0.2, 0) is 12.7 Å². The van der Waals surface area contributed by atoms with Gasteiger partial charge in [-0.2, -0.15) is 18.3 Å². The molecule has 0 unspecified atom stereocenters. The maximum absolute atomic E-state index is 12.9. The van der Waals surface area contributed by atoms with Gasteiger partial charge in [-0.25, -0.2) is 4.68 Å². The van der Waals surface area contributed by atoms with E-state index in [4.69, 9.17) is 0 Å². The number of rotatable bonds is 4. The molecule has 4 rings (SSSR count). The number of hydrogen-bond donors (Lipinski definition) is 1.